The summed E-state index contributed by atoms with van der Waals surface area (Å²) in [5.74, 6) is 0. The molecule has 0 spiro atoms. The standard InChI is InChI=1S/C13H29N/c1-6-10-13(7-2,8-3)11-12-14(5)9-4/h6-12H2,1-5H3. The second kappa shape index (κ2) is 7.28. The van der Waals surface area contributed by atoms with E-state index in [9.17, 15) is 0 Å². The van der Waals surface area contributed by atoms with E-state index in [0.29, 0.717) is 5.41 Å². The van der Waals surface area contributed by atoms with Gasteiger partial charge in [-0.3, -0.25) is 0 Å². The van der Waals surface area contributed by atoms with Crippen molar-refractivity contribution in [3.63, 3.8) is 0 Å². The fraction of sp³-hybridized carbons (Fsp3) is 1.00. The van der Waals surface area contributed by atoms with Crippen LogP contribution >= 0.6 is 0 Å². The third-order valence-electron chi connectivity index (χ3n) is 3.84. The maximum Gasteiger partial charge on any atom is -0.00166 e. The summed E-state index contributed by atoms with van der Waals surface area (Å²) in [4.78, 5) is 2.43. The van der Waals surface area contributed by atoms with Gasteiger partial charge in [-0.2, -0.15) is 0 Å². The Kier molecular flexibility index (Phi) is 7.26. The van der Waals surface area contributed by atoms with Crippen molar-refractivity contribution in [3.8, 4) is 0 Å². The Labute approximate surface area is 90.9 Å². The van der Waals surface area contributed by atoms with Crippen molar-refractivity contribution in [1.29, 1.82) is 0 Å². The van der Waals surface area contributed by atoms with Gasteiger partial charge in [-0.05, 0) is 38.4 Å². The number of nitrogens with zero attached hydrogens (tertiary/aromatic N) is 1. The van der Waals surface area contributed by atoms with Crippen molar-refractivity contribution >= 4 is 0 Å². The molecule has 0 aromatic carbocycles. The molecule has 1 heteroatoms. The zero-order valence-electron chi connectivity index (χ0n) is 10.9. The molecule has 0 saturated carbocycles. The van der Waals surface area contributed by atoms with Crippen LogP contribution in [0, 0.1) is 5.41 Å². The topological polar surface area (TPSA) is 3.24 Å². The van der Waals surface area contributed by atoms with Gasteiger partial charge < -0.3 is 4.90 Å². The number of rotatable bonds is 8. The minimum Gasteiger partial charge on any atom is -0.307 e. The van der Waals surface area contributed by atoms with Crippen LogP contribution in [0.25, 0.3) is 0 Å². The molecule has 0 rings (SSSR count). The van der Waals surface area contributed by atoms with Gasteiger partial charge in [-0.1, -0.05) is 47.0 Å². The predicted octanol–water partition coefficient (Wildman–Crippen LogP) is 3.93. The fourth-order valence-corrected chi connectivity index (χ4v) is 2.20. The smallest absolute Gasteiger partial charge is 0.00166 e. The lowest BCUT2D eigenvalue weighted by atomic mass is 9.75. The Balaban J connectivity index is 4.06. The molecule has 0 unspecified atom stereocenters. The maximum absolute atomic E-state index is 2.43. The van der Waals surface area contributed by atoms with E-state index in [1.807, 2.05) is 0 Å². The lowest BCUT2D eigenvalue weighted by molar-refractivity contribution is 0.182. The summed E-state index contributed by atoms with van der Waals surface area (Å²) in [6.07, 6.45) is 6.79. The van der Waals surface area contributed by atoms with E-state index in [1.165, 1.54) is 45.2 Å². The monoisotopic (exact) mass is 199 g/mol. The van der Waals surface area contributed by atoms with Crippen LogP contribution in [-0.2, 0) is 0 Å². The Bertz CT molecular complexity index is 127. The molecule has 0 saturated heterocycles. The van der Waals surface area contributed by atoms with Crippen LogP contribution in [-0.4, -0.2) is 25.0 Å². The molecule has 0 aromatic heterocycles. The van der Waals surface area contributed by atoms with Gasteiger partial charge in [0, 0.05) is 0 Å². The SMILES string of the molecule is CCCC(CC)(CC)CCN(C)CC. The minimum absolute atomic E-state index is 0.623. The summed E-state index contributed by atoms with van der Waals surface area (Å²) >= 11 is 0. The third kappa shape index (κ3) is 4.45. The number of hydrogen-bond donors (Lipinski definition) is 0. The van der Waals surface area contributed by atoms with Gasteiger partial charge >= 0.3 is 0 Å². The Morgan fingerprint density at radius 3 is 1.86 bits per heavy atom. The molecule has 0 atom stereocenters. The van der Waals surface area contributed by atoms with E-state index in [2.05, 4.69) is 39.6 Å². The molecule has 0 heterocycles. The second-order valence-electron chi connectivity index (χ2n) is 4.60. The first kappa shape index (κ1) is 14.0. The van der Waals surface area contributed by atoms with Crippen molar-refractivity contribution in [2.45, 2.75) is 59.8 Å². The molecule has 0 radical (unpaired) electrons. The molecule has 0 bridgehead atoms. The van der Waals surface area contributed by atoms with Crippen molar-refractivity contribution in [3.05, 3.63) is 0 Å². The van der Waals surface area contributed by atoms with Crippen LogP contribution in [0.3, 0.4) is 0 Å². The van der Waals surface area contributed by atoms with Crippen molar-refractivity contribution in [2.75, 3.05) is 20.1 Å². The quantitative estimate of drug-likeness (QED) is 0.572. The highest BCUT2D eigenvalue weighted by atomic mass is 15.1. The Hall–Kier alpha value is -0.0400. The highest BCUT2D eigenvalue weighted by molar-refractivity contribution is 4.77. The average molecular weight is 199 g/mol. The van der Waals surface area contributed by atoms with E-state index < -0.39 is 0 Å². The first-order valence-electron chi connectivity index (χ1n) is 6.32. The molecule has 0 aliphatic carbocycles. The van der Waals surface area contributed by atoms with Gasteiger partial charge in [0.2, 0.25) is 0 Å². The van der Waals surface area contributed by atoms with Crippen LogP contribution in [0.2, 0.25) is 0 Å². The summed E-state index contributed by atoms with van der Waals surface area (Å²) in [5.41, 5.74) is 0.623. The molecule has 0 fully saturated rings. The summed E-state index contributed by atoms with van der Waals surface area (Å²) < 4.78 is 0. The van der Waals surface area contributed by atoms with Gasteiger partial charge in [0.25, 0.3) is 0 Å². The molecule has 0 N–H and O–H groups in total. The normalized spacial score (nSPS) is 12.4. The van der Waals surface area contributed by atoms with E-state index in [0.717, 1.165) is 0 Å². The summed E-state index contributed by atoms with van der Waals surface area (Å²) in [6, 6.07) is 0. The Morgan fingerprint density at radius 2 is 1.50 bits per heavy atom. The third-order valence-corrected chi connectivity index (χ3v) is 3.84. The second-order valence-corrected chi connectivity index (χ2v) is 4.60. The van der Waals surface area contributed by atoms with Crippen LogP contribution < -0.4 is 0 Å². The van der Waals surface area contributed by atoms with Crippen molar-refractivity contribution in [2.24, 2.45) is 5.41 Å². The number of hydrogen-bond acceptors (Lipinski definition) is 1. The highest BCUT2D eigenvalue weighted by Crippen LogP contribution is 2.35. The zero-order valence-corrected chi connectivity index (χ0v) is 10.9. The van der Waals surface area contributed by atoms with Crippen molar-refractivity contribution in [1.82, 2.24) is 4.90 Å². The fourth-order valence-electron chi connectivity index (χ4n) is 2.20. The first-order valence-corrected chi connectivity index (χ1v) is 6.32. The van der Waals surface area contributed by atoms with Gasteiger partial charge in [-0.25, -0.2) is 0 Å². The zero-order chi connectivity index (χ0) is 11.0. The summed E-state index contributed by atoms with van der Waals surface area (Å²) in [6.45, 7) is 11.7. The molecule has 0 aliphatic heterocycles. The van der Waals surface area contributed by atoms with Gasteiger partial charge in [-0.15, -0.1) is 0 Å². The van der Waals surface area contributed by atoms with E-state index in [-0.39, 0.29) is 0 Å². The summed E-state index contributed by atoms with van der Waals surface area (Å²) in [7, 11) is 2.22. The van der Waals surface area contributed by atoms with Gasteiger partial charge in [0.1, 0.15) is 0 Å². The molecule has 0 amide bonds. The summed E-state index contributed by atoms with van der Waals surface area (Å²) in [5, 5.41) is 0. The Morgan fingerprint density at radius 1 is 0.929 bits per heavy atom. The van der Waals surface area contributed by atoms with E-state index in [4.69, 9.17) is 0 Å². The highest BCUT2D eigenvalue weighted by Gasteiger charge is 2.24. The largest absolute Gasteiger partial charge is 0.307 e. The molecular weight excluding hydrogens is 170 g/mol. The van der Waals surface area contributed by atoms with Crippen LogP contribution in [0.4, 0.5) is 0 Å². The molecule has 86 valence electrons. The molecule has 0 aliphatic rings. The average Bonchev–Trinajstić information content (AvgIpc) is 2.24. The molecule has 0 aromatic rings. The van der Waals surface area contributed by atoms with E-state index >= 15 is 0 Å². The minimum atomic E-state index is 0.623. The van der Waals surface area contributed by atoms with Crippen molar-refractivity contribution < 1.29 is 0 Å². The molecule has 1 nitrogen and oxygen atoms in total. The predicted molar refractivity (Wildman–Crippen MR) is 65.7 cm³/mol. The molecule has 14 heavy (non-hydrogen) atoms. The maximum atomic E-state index is 2.43. The van der Waals surface area contributed by atoms with Gasteiger partial charge in [0.15, 0.2) is 0 Å². The van der Waals surface area contributed by atoms with E-state index in [1.54, 1.807) is 0 Å². The molecular formula is C13H29N. The first-order chi connectivity index (χ1) is 6.64. The van der Waals surface area contributed by atoms with Crippen LogP contribution in [0.5, 0.6) is 0 Å². The van der Waals surface area contributed by atoms with Crippen LogP contribution in [0.15, 0.2) is 0 Å². The van der Waals surface area contributed by atoms with Gasteiger partial charge in [0.05, 0.1) is 0 Å². The van der Waals surface area contributed by atoms with Crippen LogP contribution in [0.1, 0.15) is 59.8 Å². The lowest BCUT2D eigenvalue weighted by Crippen LogP contribution is -2.27. The lowest BCUT2D eigenvalue weighted by Gasteiger charge is -2.33.